The van der Waals surface area contributed by atoms with Crippen LogP contribution in [0, 0.1) is 0 Å². The number of amides is 4. The Bertz CT molecular complexity index is 604. The average Bonchev–Trinajstić information content (AvgIpc) is 2.85. The van der Waals surface area contributed by atoms with Crippen LogP contribution in [0.2, 0.25) is 0 Å². The first-order chi connectivity index (χ1) is 12.0. The topological polar surface area (TPSA) is 81.8 Å². The van der Waals surface area contributed by atoms with E-state index in [0.29, 0.717) is 13.0 Å². The molecule has 7 nitrogen and oxygen atoms in total. The van der Waals surface area contributed by atoms with Crippen molar-refractivity contribution in [2.24, 2.45) is 0 Å². The highest BCUT2D eigenvalue weighted by Crippen LogP contribution is 2.14. The molecule has 136 valence electrons. The number of rotatable bonds is 9. The van der Waals surface area contributed by atoms with E-state index in [0.717, 1.165) is 18.5 Å². The van der Waals surface area contributed by atoms with Crippen LogP contribution in [0.1, 0.15) is 24.8 Å². The lowest BCUT2D eigenvalue weighted by Gasteiger charge is -2.13. The number of benzene rings is 1. The minimum absolute atomic E-state index is 0.0951. The minimum atomic E-state index is -0.622. The van der Waals surface area contributed by atoms with Gasteiger partial charge in [-0.15, -0.1) is 0 Å². The van der Waals surface area contributed by atoms with Crippen molar-refractivity contribution >= 4 is 17.8 Å². The summed E-state index contributed by atoms with van der Waals surface area (Å²) in [5.74, 6) is -0.364. The van der Waals surface area contributed by atoms with Gasteiger partial charge in [-0.3, -0.25) is 14.5 Å². The van der Waals surface area contributed by atoms with Gasteiger partial charge in [-0.2, -0.15) is 0 Å². The molecule has 1 saturated heterocycles. The van der Waals surface area contributed by atoms with Crippen LogP contribution in [0.25, 0.3) is 0 Å². The normalized spacial score (nSPS) is 17.1. The van der Waals surface area contributed by atoms with Gasteiger partial charge in [0.1, 0.15) is 6.04 Å². The zero-order valence-electron chi connectivity index (χ0n) is 14.8. The highest BCUT2D eigenvalue weighted by atomic mass is 16.2. The number of imide groups is 1. The van der Waals surface area contributed by atoms with Crippen molar-refractivity contribution in [1.29, 1.82) is 0 Å². The van der Waals surface area contributed by atoms with Crippen LogP contribution in [0.15, 0.2) is 30.3 Å². The Morgan fingerprint density at radius 2 is 1.96 bits per heavy atom. The molecule has 1 atom stereocenters. The lowest BCUT2D eigenvalue weighted by Crippen LogP contribution is -2.33. The smallest absolute Gasteiger partial charge is 0.325 e. The van der Waals surface area contributed by atoms with E-state index in [2.05, 4.69) is 15.5 Å². The quantitative estimate of drug-likeness (QED) is 0.515. The molecule has 2 rings (SSSR count). The first-order valence-electron chi connectivity index (χ1n) is 8.54. The van der Waals surface area contributed by atoms with E-state index in [1.165, 1.54) is 4.90 Å². The van der Waals surface area contributed by atoms with Gasteiger partial charge in [-0.05, 0) is 39.0 Å². The lowest BCUT2D eigenvalue weighted by atomic mass is 10.1. The molecule has 0 aromatic heterocycles. The van der Waals surface area contributed by atoms with Crippen LogP contribution in [0.3, 0.4) is 0 Å². The third-order valence-electron chi connectivity index (χ3n) is 4.05. The second-order valence-electron chi connectivity index (χ2n) is 6.46. The maximum Gasteiger partial charge on any atom is 0.325 e. The summed E-state index contributed by atoms with van der Waals surface area (Å²) in [6.45, 7) is 1.77. The summed E-state index contributed by atoms with van der Waals surface area (Å²) < 4.78 is 0. The molecule has 1 aliphatic heterocycles. The van der Waals surface area contributed by atoms with Gasteiger partial charge in [0.25, 0.3) is 5.91 Å². The number of carbonyl (C=O) groups excluding carboxylic acids is 3. The third-order valence-corrected chi connectivity index (χ3v) is 4.05. The van der Waals surface area contributed by atoms with Gasteiger partial charge in [0.05, 0.1) is 6.54 Å². The molecular formula is C18H26N4O3. The molecule has 1 fully saturated rings. The number of hydrogen-bond acceptors (Lipinski definition) is 4. The van der Waals surface area contributed by atoms with Crippen LogP contribution in [-0.2, 0) is 16.1 Å². The van der Waals surface area contributed by atoms with Crippen LogP contribution >= 0.6 is 0 Å². The van der Waals surface area contributed by atoms with Crippen molar-refractivity contribution in [3.8, 4) is 0 Å². The van der Waals surface area contributed by atoms with Gasteiger partial charge in [0, 0.05) is 13.0 Å². The van der Waals surface area contributed by atoms with Crippen molar-refractivity contribution in [3.05, 3.63) is 35.9 Å². The zero-order chi connectivity index (χ0) is 18.2. The van der Waals surface area contributed by atoms with Gasteiger partial charge in [-0.1, -0.05) is 30.3 Å². The highest BCUT2D eigenvalue weighted by Gasteiger charge is 2.37. The van der Waals surface area contributed by atoms with Gasteiger partial charge in [0.2, 0.25) is 5.91 Å². The molecular weight excluding hydrogens is 320 g/mol. The van der Waals surface area contributed by atoms with Gasteiger partial charge in [-0.25, -0.2) is 4.79 Å². The molecule has 2 N–H and O–H groups in total. The van der Waals surface area contributed by atoms with Crippen LogP contribution < -0.4 is 10.6 Å². The molecule has 1 aliphatic rings. The second-order valence-corrected chi connectivity index (χ2v) is 6.46. The maximum atomic E-state index is 12.4. The number of nitrogens with zero attached hydrogens (tertiary/aromatic N) is 2. The summed E-state index contributed by atoms with van der Waals surface area (Å²) in [4.78, 5) is 39.5. The predicted octanol–water partition coefficient (Wildman–Crippen LogP) is 0.955. The predicted molar refractivity (Wildman–Crippen MR) is 94.7 cm³/mol. The number of nitrogens with one attached hydrogen (secondary N) is 2. The van der Waals surface area contributed by atoms with E-state index < -0.39 is 12.1 Å². The van der Waals surface area contributed by atoms with Gasteiger partial charge >= 0.3 is 6.03 Å². The summed E-state index contributed by atoms with van der Waals surface area (Å²) in [6, 6.07) is 8.34. The first-order valence-corrected chi connectivity index (χ1v) is 8.54. The summed E-state index contributed by atoms with van der Waals surface area (Å²) in [6.07, 6.45) is 1.41. The van der Waals surface area contributed by atoms with Gasteiger partial charge in [0.15, 0.2) is 0 Å². The van der Waals surface area contributed by atoms with Crippen LogP contribution in [-0.4, -0.2) is 60.9 Å². The SMILES string of the molecule is CN(C)CCCNC(=O)CCC1NC(=O)N(Cc2ccccc2)C1=O. The second kappa shape index (κ2) is 9.17. The molecule has 0 aliphatic carbocycles. The number of hydrogen-bond donors (Lipinski definition) is 2. The van der Waals surface area contributed by atoms with Crippen molar-refractivity contribution in [1.82, 2.24) is 20.4 Å². The number of urea groups is 1. The standard InChI is InChI=1S/C18H26N4O3/c1-21(2)12-6-11-19-16(23)10-9-15-17(24)22(18(25)20-15)13-14-7-4-3-5-8-14/h3-5,7-8,15H,6,9-13H2,1-2H3,(H,19,23)(H,20,25). The van der Waals surface area contributed by atoms with E-state index >= 15 is 0 Å². The van der Waals surface area contributed by atoms with Crippen molar-refractivity contribution in [3.63, 3.8) is 0 Å². The summed E-state index contributed by atoms with van der Waals surface area (Å²) >= 11 is 0. The lowest BCUT2D eigenvalue weighted by molar-refractivity contribution is -0.128. The van der Waals surface area contributed by atoms with Gasteiger partial charge < -0.3 is 15.5 Å². The molecule has 1 unspecified atom stereocenters. The zero-order valence-corrected chi connectivity index (χ0v) is 14.8. The Balaban J connectivity index is 1.75. The molecule has 0 bridgehead atoms. The molecule has 1 aromatic carbocycles. The van der Waals surface area contributed by atoms with E-state index in [9.17, 15) is 14.4 Å². The fraction of sp³-hybridized carbons (Fsp3) is 0.500. The summed E-state index contributed by atoms with van der Waals surface area (Å²) in [5.41, 5.74) is 0.894. The fourth-order valence-electron chi connectivity index (χ4n) is 2.68. The molecule has 1 aromatic rings. The molecule has 0 radical (unpaired) electrons. The molecule has 1 heterocycles. The molecule has 25 heavy (non-hydrogen) atoms. The fourth-order valence-corrected chi connectivity index (χ4v) is 2.68. The largest absolute Gasteiger partial charge is 0.356 e. The van der Waals surface area contributed by atoms with Crippen molar-refractivity contribution in [2.45, 2.75) is 31.8 Å². The highest BCUT2D eigenvalue weighted by molar-refractivity contribution is 6.04. The maximum absolute atomic E-state index is 12.4. The van der Waals surface area contributed by atoms with Crippen LogP contribution in [0.4, 0.5) is 4.79 Å². The Morgan fingerprint density at radius 3 is 2.64 bits per heavy atom. The Hall–Kier alpha value is -2.41. The van der Waals surface area contributed by atoms with E-state index in [1.807, 2.05) is 44.4 Å². The third kappa shape index (κ3) is 5.86. The Morgan fingerprint density at radius 1 is 1.24 bits per heavy atom. The average molecular weight is 346 g/mol. The Labute approximate surface area is 148 Å². The molecule has 4 amide bonds. The number of carbonyl (C=O) groups is 3. The molecule has 0 saturated carbocycles. The van der Waals surface area contributed by atoms with Crippen LogP contribution in [0.5, 0.6) is 0 Å². The Kier molecular flexibility index (Phi) is 6.94. The monoisotopic (exact) mass is 346 g/mol. The first kappa shape index (κ1) is 18.9. The van der Waals surface area contributed by atoms with E-state index in [4.69, 9.17) is 0 Å². The van der Waals surface area contributed by atoms with Crippen molar-refractivity contribution in [2.75, 3.05) is 27.2 Å². The molecule has 7 heteroatoms. The van der Waals surface area contributed by atoms with Crippen molar-refractivity contribution < 1.29 is 14.4 Å². The molecule has 0 spiro atoms. The minimum Gasteiger partial charge on any atom is -0.356 e. The van der Waals surface area contributed by atoms with E-state index in [-0.39, 0.29) is 24.8 Å². The summed E-state index contributed by atoms with van der Waals surface area (Å²) in [5, 5.41) is 5.50. The summed E-state index contributed by atoms with van der Waals surface area (Å²) in [7, 11) is 3.97. The van der Waals surface area contributed by atoms with E-state index in [1.54, 1.807) is 0 Å².